The van der Waals surface area contributed by atoms with Crippen LogP contribution in [0.2, 0.25) is 0 Å². The minimum absolute atomic E-state index is 0.156. The Morgan fingerprint density at radius 2 is 2.10 bits per heavy atom. The molecule has 0 aromatic carbocycles. The van der Waals surface area contributed by atoms with Crippen LogP contribution < -0.4 is 10.6 Å². The van der Waals surface area contributed by atoms with Crippen LogP contribution in [0, 0.1) is 6.92 Å². The van der Waals surface area contributed by atoms with E-state index in [0.29, 0.717) is 45.2 Å². The molecule has 0 atom stereocenters. The highest BCUT2D eigenvalue weighted by atomic mass is 16.5. The highest BCUT2D eigenvalue weighted by Gasteiger charge is 2.16. The number of nitrogens with zero attached hydrogens (tertiary/aromatic N) is 3. The summed E-state index contributed by atoms with van der Waals surface area (Å²) in [5, 5.41) is 6.27. The first-order valence-electron chi connectivity index (χ1n) is 7.38. The Labute approximate surface area is 125 Å². The van der Waals surface area contributed by atoms with Gasteiger partial charge in [-0.25, -0.2) is 4.98 Å². The Morgan fingerprint density at radius 3 is 2.81 bits per heavy atom. The van der Waals surface area contributed by atoms with Crippen molar-refractivity contribution >= 4 is 17.7 Å². The van der Waals surface area contributed by atoms with Crippen molar-refractivity contribution in [1.82, 2.24) is 14.9 Å². The number of rotatable bonds is 6. The van der Waals surface area contributed by atoms with Gasteiger partial charge in [0.2, 0.25) is 11.9 Å². The second kappa shape index (κ2) is 7.78. The third-order valence-corrected chi connectivity index (χ3v) is 3.20. The van der Waals surface area contributed by atoms with Crippen molar-refractivity contribution in [2.45, 2.75) is 20.3 Å². The van der Waals surface area contributed by atoms with Gasteiger partial charge in [0.1, 0.15) is 5.82 Å². The molecule has 21 heavy (non-hydrogen) atoms. The lowest BCUT2D eigenvalue weighted by atomic mass is 10.3. The fourth-order valence-corrected chi connectivity index (χ4v) is 2.16. The number of morpholine rings is 1. The van der Waals surface area contributed by atoms with E-state index in [1.807, 2.05) is 24.8 Å². The maximum atomic E-state index is 12.0. The van der Waals surface area contributed by atoms with Gasteiger partial charge in [0.25, 0.3) is 0 Å². The summed E-state index contributed by atoms with van der Waals surface area (Å²) >= 11 is 0. The molecule has 0 saturated carbocycles. The molecule has 1 fully saturated rings. The van der Waals surface area contributed by atoms with Crippen LogP contribution in [-0.2, 0) is 9.53 Å². The van der Waals surface area contributed by atoms with Crippen molar-refractivity contribution in [1.29, 1.82) is 0 Å². The lowest BCUT2D eigenvalue weighted by Gasteiger charge is -2.26. The molecule has 2 heterocycles. The topological polar surface area (TPSA) is 79.4 Å². The van der Waals surface area contributed by atoms with Crippen LogP contribution in [0.15, 0.2) is 6.07 Å². The molecule has 1 amide bonds. The van der Waals surface area contributed by atoms with Crippen LogP contribution in [-0.4, -0.2) is 60.2 Å². The molecule has 1 saturated heterocycles. The van der Waals surface area contributed by atoms with Gasteiger partial charge < -0.3 is 20.3 Å². The first-order valence-corrected chi connectivity index (χ1v) is 7.38. The second-order valence-electron chi connectivity index (χ2n) is 4.92. The highest BCUT2D eigenvalue weighted by molar-refractivity contribution is 5.76. The fourth-order valence-electron chi connectivity index (χ4n) is 2.16. The Balaban J connectivity index is 1.81. The molecule has 1 aromatic rings. The monoisotopic (exact) mass is 293 g/mol. The van der Waals surface area contributed by atoms with Crippen LogP contribution in [0.1, 0.15) is 19.0 Å². The van der Waals surface area contributed by atoms with E-state index in [-0.39, 0.29) is 5.91 Å². The van der Waals surface area contributed by atoms with Crippen LogP contribution in [0.4, 0.5) is 11.8 Å². The smallest absolute Gasteiger partial charge is 0.224 e. The normalized spacial score (nSPS) is 14.9. The zero-order chi connectivity index (χ0) is 15.1. The van der Waals surface area contributed by atoms with Gasteiger partial charge in [0, 0.05) is 44.4 Å². The molecule has 0 aliphatic carbocycles. The van der Waals surface area contributed by atoms with E-state index in [1.54, 1.807) is 0 Å². The Hall–Kier alpha value is -1.89. The molecule has 116 valence electrons. The van der Waals surface area contributed by atoms with E-state index in [0.717, 1.165) is 18.1 Å². The summed E-state index contributed by atoms with van der Waals surface area (Å²) in [6.45, 7) is 7.92. The number of aromatic nitrogens is 2. The van der Waals surface area contributed by atoms with E-state index < -0.39 is 0 Å². The summed E-state index contributed by atoms with van der Waals surface area (Å²) in [6.07, 6.45) is 0.458. The van der Waals surface area contributed by atoms with Crippen molar-refractivity contribution in [2.24, 2.45) is 0 Å². The molecule has 7 heteroatoms. The third kappa shape index (κ3) is 4.86. The first-order chi connectivity index (χ1) is 10.2. The van der Waals surface area contributed by atoms with Gasteiger partial charge in [-0.2, -0.15) is 4.98 Å². The van der Waals surface area contributed by atoms with Gasteiger partial charge in [0.05, 0.1) is 13.2 Å². The van der Waals surface area contributed by atoms with Crippen LogP contribution >= 0.6 is 0 Å². The summed E-state index contributed by atoms with van der Waals surface area (Å²) in [4.78, 5) is 22.5. The molecule has 7 nitrogen and oxygen atoms in total. The summed E-state index contributed by atoms with van der Waals surface area (Å²) in [5.41, 5.74) is 0.892. The zero-order valence-corrected chi connectivity index (χ0v) is 12.7. The van der Waals surface area contributed by atoms with Crippen molar-refractivity contribution in [3.8, 4) is 0 Å². The minimum atomic E-state index is 0.156. The molecule has 2 N–H and O–H groups in total. The maximum absolute atomic E-state index is 12.0. The van der Waals surface area contributed by atoms with E-state index in [4.69, 9.17) is 4.74 Å². The van der Waals surface area contributed by atoms with Gasteiger partial charge in [-0.3, -0.25) is 4.79 Å². The van der Waals surface area contributed by atoms with Gasteiger partial charge in [0.15, 0.2) is 0 Å². The lowest BCUT2D eigenvalue weighted by Crippen LogP contribution is -2.41. The molecule has 2 rings (SSSR count). The molecule has 0 spiro atoms. The van der Waals surface area contributed by atoms with E-state index >= 15 is 0 Å². The number of anilines is 2. The van der Waals surface area contributed by atoms with E-state index in [1.165, 1.54) is 0 Å². The number of carbonyl (C=O) groups is 1. The average molecular weight is 293 g/mol. The summed E-state index contributed by atoms with van der Waals surface area (Å²) in [6, 6.07) is 1.88. The molecule has 0 unspecified atom stereocenters. The molecule has 1 aliphatic heterocycles. The zero-order valence-electron chi connectivity index (χ0n) is 12.7. The summed E-state index contributed by atoms with van der Waals surface area (Å²) < 4.78 is 5.24. The number of amides is 1. The van der Waals surface area contributed by atoms with Gasteiger partial charge in [-0.1, -0.05) is 0 Å². The summed E-state index contributed by atoms with van der Waals surface area (Å²) in [7, 11) is 0. The van der Waals surface area contributed by atoms with E-state index in [9.17, 15) is 4.79 Å². The number of nitrogens with one attached hydrogen (secondary N) is 2. The highest BCUT2D eigenvalue weighted by Crippen LogP contribution is 2.09. The molecular formula is C14H23N5O2. The number of ether oxygens (including phenoxy) is 1. The molecule has 1 aliphatic rings. The van der Waals surface area contributed by atoms with Crippen molar-refractivity contribution in [2.75, 3.05) is 50.0 Å². The molecule has 0 radical (unpaired) electrons. The molecule has 0 bridgehead atoms. The van der Waals surface area contributed by atoms with E-state index in [2.05, 4.69) is 20.6 Å². The maximum Gasteiger partial charge on any atom is 0.224 e. The van der Waals surface area contributed by atoms with Gasteiger partial charge in [-0.05, 0) is 13.8 Å². The fraction of sp³-hybridized carbons (Fsp3) is 0.643. The third-order valence-electron chi connectivity index (χ3n) is 3.20. The molecular weight excluding hydrogens is 270 g/mol. The predicted molar refractivity (Wildman–Crippen MR) is 81.4 cm³/mol. The number of aryl methyl sites for hydroxylation is 1. The number of hydrogen-bond acceptors (Lipinski definition) is 6. The van der Waals surface area contributed by atoms with Crippen molar-refractivity contribution in [3.05, 3.63) is 11.8 Å². The number of hydrogen-bond donors (Lipinski definition) is 2. The Morgan fingerprint density at radius 1 is 1.33 bits per heavy atom. The standard InChI is InChI=1S/C14H23N5O2/c1-3-15-14-17-11(2)10-12(18-14)16-5-4-13(20)19-6-8-21-9-7-19/h10H,3-9H2,1-2H3,(H2,15,16,17,18). The Kier molecular flexibility index (Phi) is 5.74. The number of carbonyl (C=O) groups excluding carboxylic acids is 1. The Bertz CT molecular complexity index is 474. The minimum Gasteiger partial charge on any atom is -0.378 e. The van der Waals surface area contributed by atoms with Crippen LogP contribution in [0.25, 0.3) is 0 Å². The molecule has 1 aromatic heterocycles. The van der Waals surface area contributed by atoms with Crippen LogP contribution in [0.5, 0.6) is 0 Å². The van der Waals surface area contributed by atoms with Crippen molar-refractivity contribution < 1.29 is 9.53 Å². The largest absolute Gasteiger partial charge is 0.378 e. The first kappa shape index (κ1) is 15.5. The lowest BCUT2D eigenvalue weighted by molar-refractivity contribution is -0.134. The predicted octanol–water partition coefficient (Wildman–Crippen LogP) is 0.878. The van der Waals surface area contributed by atoms with Gasteiger partial charge in [-0.15, -0.1) is 0 Å². The van der Waals surface area contributed by atoms with Gasteiger partial charge >= 0.3 is 0 Å². The van der Waals surface area contributed by atoms with Crippen molar-refractivity contribution in [3.63, 3.8) is 0 Å². The quantitative estimate of drug-likeness (QED) is 0.810. The SMILES string of the molecule is CCNc1nc(C)cc(NCCC(=O)N2CCOCC2)n1. The average Bonchev–Trinajstić information content (AvgIpc) is 2.48. The second-order valence-corrected chi connectivity index (χ2v) is 4.92. The van der Waals surface area contributed by atoms with Crippen LogP contribution in [0.3, 0.4) is 0 Å². The summed E-state index contributed by atoms with van der Waals surface area (Å²) in [5.74, 6) is 1.51.